The van der Waals surface area contributed by atoms with Gasteiger partial charge in [0.25, 0.3) is 0 Å². The first-order valence-corrected chi connectivity index (χ1v) is 5.09. The number of allylic oxidation sites excluding steroid dienone is 1. The van der Waals surface area contributed by atoms with Gasteiger partial charge in [0.05, 0.1) is 0 Å². The lowest BCUT2D eigenvalue weighted by Crippen LogP contribution is -2.36. The minimum Gasteiger partial charge on any atom is -0.297 e. The summed E-state index contributed by atoms with van der Waals surface area (Å²) in [5.74, 6) is 0. The van der Waals surface area contributed by atoms with Gasteiger partial charge < -0.3 is 0 Å². The Morgan fingerprint density at radius 2 is 1.75 bits per heavy atom. The summed E-state index contributed by atoms with van der Waals surface area (Å²) in [6.07, 6.45) is 6.57. The van der Waals surface area contributed by atoms with Crippen LogP contribution in [0.4, 0.5) is 0 Å². The number of rotatable bonds is 2. The Hall–Kier alpha value is -0.300. The van der Waals surface area contributed by atoms with Crippen molar-refractivity contribution in [3.05, 3.63) is 11.6 Å². The molecule has 1 rings (SSSR count). The van der Waals surface area contributed by atoms with Crippen molar-refractivity contribution in [2.75, 3.05) is 13.1 Å². The van der Waals surface area contributed by atoms with E-state index in [-0.39, 0.29) is 0 Å². The van der Waals surface area contributed by atoms with Crippen molar-refractivity contribution in [1.29, 1.82) is 0 Å². The van der Waals surface area contributed by atoms with E-state index in [2.05, 4.69) is 31.7 Å². The van der Waals surface area contributed by atoms with Gasteiger partial charge in [0.2, 0.25) is 0 Å². The van der Waals surface area contributed by atoms with Crippen LogP contribution in [0.5, 0.6) is 0 Å². The number of nitrogens with zero attached hydrogens (tertiary/aromatic N) is 1. The molecule has 70 valence electrons. The summed E-state index contributed by atoms with van der Waals surface area (Å²) in [5.41, 5.74) is 1.44. The van der Waals surface area contributed by atoms with Gasteiger partial charge >= 0.3 is 0 Å². The molecule has 0 aromatic carbocycles. The van der Waals surface area contributed by atoms with E-state index in [0.29, 0.717) is 6.04 Å². The molecule has 1 saturated heterocycles. The monoisotopic (exact) mass is 167 g/mol. The van der Waals surface area contributed by atoms with Crippen LogP contribution in [0.2, 0.25) is 0 Å². The molecule has 0 aromatic rings. The smallest absolute Gasteiger partial charge is 0.0252 e. The van der Waals surface area contributed by atoms with Crippen LogP contribution in [0.1, 0.15) is 40.0 Å². The first kappa shape index (κ1) is 9.79. The van der Waals surface area contributed by atoms with Crippen LogP contribution in [0.3, 0.4) is 0 Å². The molecule has 1 unspecified atom stereocenters. The quantitative estimate of drug-likeness (QED) is 0.572. The summed E-state index contributed by atoms with van der Waals surface area (Å²) in [7, 11) is 0. The van der Waals surface area contributed by atoms with Crippen LogP contribution in [0, 0.1) is 0 Å². The second kappa shape index (κ2) is 4.66. The van der Waals surface area contributed by atoms with E-state index in [1.165, 1.54) is 37.9 Å². The van der Waals surface area contributed by atoms with Crippen molar-refractivity contribution in [3.8, 4) is 0 Å². The Morgan fingerprint density at radius 3 is 2.25 bits per heavy atom. The molecule has 1 atom stereocenters. The number of hydrogen-bond acceptors (Lipinski definition) is 1. The fraction of sp³-hybridized carbons (Fsp3) is 0.818. The molecule has 12 heavy (non-hydrogen) atoms. The van der Waals surface area contributed by atoms with E-state index in [1.54, 1.807) is 0 Å². The molecule has 0 N–H and O–H groups in total. The van der Waals surface area contributed by atoms with Crippen LogP contribution in [-0.4, -0.2) is 24.0 Å². The summed E-state index contributed by atoms with van der Waals surface area (Å²) >= 11 is 0. The van der Waals surface area contributed by atoms with Crippen molar-refractivity contribution in [2.45, 2.75) is 46.1 Å². The van der Waals surface area contributed by atoms with Crippen LogP contribution in [-0.2, 0) is 0 Å². The van der Waals surface area contributed by atoms with Gasteiger partial charge in [-0.3, -0.25) is 4.90 Å². The maximum absolute atomic E-state index is 2.58. The fourth-order valence-electron chi connectivity index (χ4n) is 1.91. The van der Waals surface area contributed by atoms with Gasteiger partial charge in [-0.25, -0.2) is 0 Å². The Kier molecular flexibility index (Phi) is 3.80. The Bertz CT molecular complexity index is 150. The molecule has 0 bridgehead atoms. The molecule has 1 nitrogen and oxygen atoms in total. The first-order valence-electron chi connectivity index (χ1n) is 5.09. The molecule has 1 fully saturated rings. The van der Waals surface area contributed by atoms with E-state index >= 15 is 0 Å². The molecule has 0 spiro atoms. The summed E-state index contributed by atoms with van der Waals surface area (Å²) < 4.78 is 0. The maximum atomic E-state index is 2.58. The third-order valence-electron chi connectivity index (χ3n) is 2.54. The fourth-order valence-corrected chi connectivity index (χ4v) is 1.91. The van der Waals surface area contributed by atoms with Crippen LogP contribution >= 0.6 is 0 Å². The zero-order chi connectivity index (χ0) is 8.97. The van der Waals surface area contributed by atoms with Crippen LogP contribution in [0.25, 0.3) is 0 Å². The van der Waals surface area contributed by atoms with Gasteiger partial charge in [0, 0.05) is 6.04 Å². The largest absolute Gasteiger partial charge is 0.297 e. The van der Waals surface area contributed by atoms with Crippen molar-refractivity contribution < 1.29 is 0 Å². The number of piperidine rings is 1. The molecule has 1 heterocycles. The highest BCUT2D eigenvalue weighted by Crippen LogP contribution is 2.13. The Labute approximate surface area is 76.5 Å². The van der Waals surface area contributed by atoms with Gasteiger partial charge in [-0.2, -0.15) is 0 Å². The van der Waals surface area contributed by atoms with Gasteiger partial charge in [-0.1, -0.05) is 18.1 Å². The minimum absolute atomic E-state index is 0.648. The molecule has 0 aromatic heterocycles. The zero-order valence-corrected chi connectivity index (χ0v) is 8.64. The molecule has 1 aliphatic rings. The lowest BCUT2D eigenvalue weighted by atomic mass is 10.1. The molecular formula is C11H21N. The van der Waals surface area contributed by atoms with Gasteiger partial charge in [0.1, 0.15) is 0 Å². The third kappa shape index (κ3) is 2.98. The molecule has 0 amide bonds. The average molecular weight is 167 g/mol. The van der Waals surface area contributed by atoms with E-state index < -0.39 is 0 Å². The second-order valence-electron chi connectivity index (χ2n) is 4.08. The van der Waals surface area contributed by atoms with Crippen LogP contribution < -0.4 is 0 Å². The Morgan fingerprint density at radius 1 is 1.17 bits per heavy atom. The standard InChI is InChI=1S/C11H21N/c1-10(2)9-11(3)12-7-5-4-6-8-12/h9,11H,4-8H2,1-3H3. The molecular weight excluding hydrogens is 146 g/mol. The predicted octanol–water partition coefficient (Wildman–Crippen LogP) is 2.83. The summed E-state index contributed by atoms with van der Waals surface area (Å²) in [4.78, 5) is 2.58. The van der Waals surface area contributed by atoms with Crippen molar-refractivity contribution in [3.63, 3.8) is 0 Å². The Balaban J connectivity index is 2.39. The average Bonchev–Trinajstić information content (AvgIpc) is 2.05. The minimum atomic E-state index is 0.648. The lowest BCUT2D eigenvalue weighted by Gasteiger charge is -2.30. The second-order valence-corrected chi connectivity index (χ2v) is 4.08. The van der Waals surface area contributed by atoms with Crippen molar-refractivity contribution in [2.24, 2.45) is 0 Å². The lowest BCUT2D eigenvalue weighted by molar-refractivity contribution is 0.200. The first-order chi connectivity index (χ1) is 5.70. The van der Waals surface area contributed by atoms with Crippen LogP contribution in [0.15, 0.2) is 11.6 Å². The van der Waals surface area contributed by atoms with Gasteiger partial charge in [-0.05, 0) is 46.7 Å². The van der Waals surface area contributed by atoms with E-state index in [0.717, 1.165) is 0 Å². The molecule has 0 aliphatic carbocycles. The maximum Gasteiger partial charge on any atom is 0.0252 e. The molecule has 0 radical (unpaired) electrons. The predicted molar refractivity (Wildman–Crippen MR) is 54.3 cm³/mol. The molecule has 1 aliphatic heterocycles. The zero-order valence-electron chi connectivity index (χ0n) is 8.64. The molecule has 0 saturated carbocycles. The highest BCUT2D eigenvalue weighted by Gasteiger charge is 2.13. The normalized spacial score (nSPS) is 21.9. The third-order valence-corrected chi connectivity index (χ3v) is 2.54. The SMILES string of the molecule is CC(C)=CC(C)N1CCCCC1. The van der Waals surface area contributed by atoms with Gasteiger partial charge in [-0.15, -0.1) is 0 Å². The summed E-state index contributed by atoms with van der Waals surface area (Å²) in [6, 6.07) is 0.648. The number of hydrogen-bond donors (Lipinski definition) is 0. The highest BCUT2D eigenvalue weighted by atomic mass is 15.1. The molecule has 1 heteroatoms. The van der Waals surface area contributed by atoms with E-state index in [1.807, 2.05) is 0 Å². The van der Waals surface area contributed by atoms with Gasteiger partial charge in [0.15, 0.2) is 0 Å². The highest BCUT2D eigenvalue weighted by molar-refractivity contribution is 5.00. The topological polar surface area (TPSA) is 3.24 Å². The number of likely N-dealkylation sites (tertiary alicyclic amines) is 1. The van der Waals surface area contributed by atoms with Crippen molar-refractivity contribution in [1.82, 2.24) is 4.90 Å². The summed E-state index contributed by atoms with van der Waals surface area (Å²) in [5, 5.41) is 0. The van der Waals surface area contributed by atoms with E-state index in [4.69, 9.17) is 0 Å². The van der Waals surface area contributed by atoms with Crippen molar-refractivity contribution >= 4 is 0 Å². The summed E-state index contributed by atoms with van der Waals surface area (Å²) in [6.45, 7) is 9.26. The van der Waals surface area contributed by atoms with E-state index in [9.17, 15) is 0 Å².